The van der Waals surface area contributed by atoms with Crippen LogP contribution in [0.5, 0.6) is 0 Å². The molecule has 5 rings (SSSR count). The van der Waals surface area contributed by atoms with Gasteiger partial charge in [0.1, 0.15) is 35.9 Å². The second-order valence-electron chi connectivity index (χ2n) is 8.39. The van der Waals surface area contributed by atoms with Gasteiger partial charge in [0.25, 0.3) is 0 Å². The Hall–Kier alpha value is -2.36. The van der Waals surface area contributed by atoms with Crippen LogP contribution in [0.15, 0.2) is 36.8 Å². The number of benzene rings is 1. The van der Waals surface area contributed by atoms with Gasteiger partial charge in [-0.3, -0.25) is 0 Å². The molecule has 1 unspecified atom stereocenters. The lowest BCUT2D eigenvalue weighted by Crippen LogP contribution is -2.47. The molecule has 8 heteroatoms. The molecule has 0 amide bonds. The fourth-order valence-electron chi connectivity index (χ4n) is 4.71. The lowest BCUT2D eigenvalue weighted by atomic mass is 9.85. The molecular weight excluding hydrogens is 384 g/mol. The minimum Gasteiger partial charge on any atom is -0.386 e. The number of aryl methyl sites for hydroxylation is 1. The number of nitrogens with zero attached hydrogens (tertiary/aromatic N) is 3. The predicted molar refractivity (Wildman–Crippen MR) is 110 cm³/mol. The van der Waals surface area contributed by atoms with Crippen LogP contribution in [-0.4, -0.2) is 54.2 Å². The van der Waals surface area contributed by atoms with Crippen molar-refractivity contribution in [1.82, 2.24) is 19.9 Å². The Morgan fingerprint density at radius 3 is 2.97 bits per heavy atom. The predicted octanol–water partition coefficient (Wildman–Crippen LogP) is 1.13. The van der Waals surface area contributed by atoms with Crippen molar-refractivity contribution < 1.29 is 20.1 Å². The lowest BCUT2D eigenvalue weighted by Gasteiger charge is -2.31. The summed E-state index contributed by atoms with van der Waals surface area (Å²) in [5.41, 5.74) is 2.70. The van der Waals surface area contributed by atoms with Crippen LogP contribution in [0.2, 0.25) is 0 Å². The van der Waals surface area contributed by atoms with E-state index in [-0.39, 0.29) is 0 Å². The van der Waals surface area contributed by atoms with Crippen LogP contribution in [0.1, 0.15) is 41.6 Å². The van der Waals surface area contributed by atoms with Gasteiger partial charge in [-0.1, -0.05) is 18.2 Å². The summed E-state index contributed by atoms with van der Waals surface area (Å²) in [7, 11) is 0. The number of fused-ring (bicyclic) bond motifs is 2. The van der Waals surface area contributed by atoms with Gasteiger partial charge in [-0.15, -0.1) is 0 Å². The molecule has 0 radical (unpaired) electrons. The smallest absolute Gasteiger partial charge is 0.164 e. The van der Waals surface area contributed by atoms with E-state index in [1.165, 1.54) is 18.8 Å². The number of aliphatic hydroxyl groups is 3. The summed E-state index contributed by atoms with van der Waals surface area (Å²) in [5, 5.41) is 37.5. The molecule has 2 aromatic heterocycles. The molecule has 4 heterocycles. The van der Waals surface area contributed by atoms with Gasteiger partial charge in [-0.2, -0.15) is 0 Å². The van der Waals surface area contributed by atoms with Crippen LogP contribution in [0.25, 0.3) is 11.0 Å². The van der Waals surface area contributed by atoms with E-state index >= 15 is 0 Å². The standard InChI is InChI=1S/C22H26N4O4/c1-12-14-7-9-26(20(14)25-11-24-12)21-18(28)22(2,29)19(30-21)17(27)15-5-3-4-13-6-8-23-10-16(13)15/h3-5,7,9,11,17-19,21,23,27-29H,6,8,10H2,1-2H3/t17?,18-,19+,21+,22-/m0/s1. The van der Waals surface area contributed by atoms with Crippen molar-refractivity contribution in [2.45, 2.75) is 57.0 Å². The quantitative estimate of drug-likeness (QED) is 0.512. The van der Waals surface area contributed by atoms with Gasteiger partial charge in [-0.05, 0) is 49.6 Å². The second kappa shape index (κ2) is 7.11. The van der Waals surface area contributed by atoms with Gasteiger partial charge in [0, 0.05) is 18.1 Å². The SMILES string of the molecule is Cc1ncnc2c1ccn2[C@@H]1O[C@H](C(O)c2cccc3c2CNCC3)[C@@](C)(O)[C@H]1O. The normalized spacial score (nSPS) is 29.8. The first-order chi connectivity index (χ1) is 14.4. The summed E-state index contributed by atoms with van der Waals surface area (Å²) < 4.78 is 7.81. The minimum atomic E-state index is -1.66. The van der Waals surface area contributed by atoms with Crippen molar-refractivity contribution in [1.29, 1.82) is 0 Å². The molecule has 0 bridgehead atoms. The van der Waals surface area contributed by atoms with Crippen LogP contribution in [0.3, 0.4) is 0 Å². The molecule has 0 aliphatic carbocycles. The van der Waals surface area contributed by atoms with Crippen LogP contribution in [0, 0.1) is 6.92 Å². The Morgan fingerprint density at radius 2 is 2.13 bits per heavy atom. The van der Waals surface area contributed by atoms with E-state index in [0.29, 0.717) is 17.8 Å². The van der Waals surface area contributed by atoms with Crippen LogP contribution < -0.4 is 5.32 Å². The highest BCUT2D eigenvalue weighted by Gasteiger charge is 2.56. The largest absolute Gasteiger partial charge is 0.386 e. The third-order valence-corrected chi connectivity index (χ3v) is 6.50. The van der Waals surface area contributed by atoms with Gasteiger partial charge >= 0.3 is 0 Å². The molecule has 1 fully saturated rings. The summed E-state index contributed by atoms with van der Waals surface area (Å²) in [4.78, 5) is 8.52. The van der Waals surface area contributed by atoms with Gasteiger partial charge in [0.05, 0.1) is 5.69 Å². The van der Waals surface area contributed by atoms with Crippen molar-refractivity contribution >= 4 is 11.0 Å². The Morgan fingerprint density at radius 1 is 1.30 bits per heavy atom. The molecular formula is C22H26N4O4. The third-order valence-electron chi connectivity index (χ3n) is 6.50. The zero-order chi connectivity index (χ0) is 21.0. The molecule has 30 heavy (non-hydrogen) atoms. The van der Waals surface area contributed by atoms with Gasteiger partial charge in [0.15, 0.2) is 6.23 Å². The van der Waals surface area contributed by atoms with E-state index in [0.717, 1.165) is 29.6 Å². The fraction of sp³-hybridized carbons (Fsp3) is 0.455. The number of hydrogen-bond donors (Lipinski definition) is 4. The van der Waals surface area contributed by atoms with E-state index in [9.17, 15) is 15.3 Å². The average molecular weight is 410 g/mol. The summed E-state index contributed by atoms with van der Waals surface area (Å²) in [5.74, 6) is 0. The van der Waals surface area contributed by atoms with Crippen molar-refractivity contribution in [2.75, 3.05) is 6.54 Å². The van der Waals surface area contributed by atoms with Crippen molar-refractivity contribution in [3.63, 3.8) is 0 Å². The van der Waals surface area contributed by atoms with E-state index in [1.54, 1.807) is 10.8 Å². The van der Waals surface area contributed by atoms with Crippen LogP contribution in [0.4, 0.5) is 0 Å². The van der Waals surface area contributed by atoms with E-state index < -0.39 is 30.1 Å². The molecule has 158 valence electrons. The molecule has 2 aliphatic heterocycles. The van der Waals surface area contributed by atoms with Crippen molar-refractivity contribution in [2.24, 2.45) is 0 Å². The maximum atomic E-state index is 11.2. The van der Waals surface area contributed by atoms with Crippen LogP contribution >= 0.6 is 0 Å². The molecule has 3 aromatic rings. The maximum absolute atomic E-state index is 11.2. The van der Waals surface area contributed by atoms with Gasteiger partial charge < -0.3 is 29.9 Å². The van der Waals surface area contributed by atoms with Gasteiger partial charge in [0.2, 0.25) is 0 Å². The van der Waals surface area contributed by atoms with E-state index in [2.05, 4.69) is 21.4 Å². The first kappa shape index (κ1) is 19.6. The first-order valence-electron chi connectivity index (χ1n) is 10.2. The Kier molecular flexibility index (Phi) is 4.64. The summed E-state index contributed by atoms with van der Waals surface area (Å²) in [6.07, 6.45) is -0.121. The molecule has 0 saturated carbocycles. The van der Waals surface area contributed by atoms with Crippen molar-refractivity contribution in [3.8, 4) is 0 Å². The highest BCUT2D eigenvalue weighted by Crippen LogP contribution is 2.44. The minimum absolute atomic E-state index is 0.610. The molecule has 1 aromatic carbocycles. The first-order valence-corrected chi connectivity index (χ1v) is 10.2. The molecule has 2 aliphatic rings. The van der Waals surface area contributed by atoms with Gasteiger partial charge in [-0.25, -0.2) is 9.97 Å². The number of aromatic nitrogens is 3. The molecule has 4 N–H and O–H groups in total. The summed E-state index contributed by atoms with van der Waals surface area (Å²) >= 11 is 0. The zero-order valence-corrected chi connectivity index (χ0v) is 17.0. The van der Waals surface area contributed by atoms with E-state index in [4.69, 9.17) is 4.74 Å². The fourth-order valence-corrected chi connectivity index (χ4v) is 4.71. The van der Waals surface area contributed by atoms with Crippen molar-refractivity contribution in [3.05, 3.63) is 59.2 Å². The third kappa shape index (κ3) is 2.87. The number of nitrogens with one attached hydrogen (secondary N) is 1. The topological polar surface area (TPSA) is 113 Å². The molecule has 8 nitrogen and oxygen atoms in total. The second-order valence-corrected chi connectivity index (χ2v) is 8.39. The summed E-state index contributed by atoms with van der Waals surface area (Å²) in [6.45, 7) is 4.94. The Balaban J connectivity index is 1.52. The maximum Gasteiger partial charge on any atom is 0.164 e. The highest BCUT2D eigenvalue weighted by atomic mass is 16.6. The highest BCUT2D eigenvalue weighted by molar-refractivity contribution is 5.78. The Labute approximate surface area is 174 Å². The van der Waals surface area contributed by atoms with E-state index in [1.807, 2.05) is 25.1 Å². The monoisotopic (exact) mass is 410 g/mol. The lowest BCUT2D eigenvalue weighted by molar-refractivity contribution is -0.115. The average Bonchev–Trinajstić information content (AvgIpc) is 3.27. The number of hydrogen-bond acceptors (Lipinski definition) is 7. The Bertz CT molecular complexity index is 1100. The van der Waals surface area contributed by atoms with Crippen LogP contribution in [-0.2, 0) is 17.7 Å². The number of aliphatic hydroxyl groups excluding tert-OH is 2. The zero-order valence-electron chi connectivity index (χ0n) is 17.0. The number of rotatable bonds is 3. The molecule has 1 saturated heterocycles. The molecule has 0 spiro atoms. The molecule has 5 atom stereocenters. The summed E-state index contributed by atoms with van der Waals surface area (Å²) in [6, 6.07) is 7.70. The number of ether oxygens (including phenoxy) is 1.